The molecule has 0 unspecified atom stereocenters. The van der Waals surface area contributed by atoms with Gasteiger partial charge in [-0.3, -0.25) is 0 Å². The highest BCUT2D eigenvalue weighted by Gasteiger charge is 2.73. The summed E-state index contributed by atoms with van der Waals surface area (Å²) in [6.45, 7) is 14.3. The second-order valence-corrected chi connectivity index (χ2v) is 22.5. The van der Waals surface area contributed by atoms with Crippen LogP contribution in [-0.4, -0.2) is 202 Å². The first-order valence-electron chi connectivity index (χ1n) is 24.2. The minimum absolute atomic E-state index is 0.238. The maximum Gasteiger partial charge on any atom is 0.187 e. The SMILES string of the molecule is CC(C)=CCC[C@](C)(O[C@@H]1O[C@H](CO)[C@@H](O)[C@H](O)[C@H]1O)[C@H]1CC[C@]2(C)[C@@H]1[C@H](O)C[C@H]1[C@@]2(C)[C@@H](O)C=C2C(C)(C)[C@@H](O[C@@H]3O[C@H](CO)[C@@H](O)[C@H](O)[C@H]3O[C@@H]3O[C@H](CO)[C@@H](O)[C@H](O)[C@H]3O)CC[C@@]21C. The van der Waals surface area contributed by atoms with E-state index < -0.39 is 158 Å². The van der Waals surface area contributed by atoms with Crippen LogP contribution >= 0.6 is 0 Å². The number of hydrogen-bond acceptors (Lipinski definition) is 19. The molecule has 67 heavy (non-hydrogen) atoms. The zero-order valence-electron chi connectivity index (χ0n) is 40.1. The van der Waals surface area contributed by atoms with Gasteiger partial charge in [0.1, 0.15) is 73.2 Å². The molecule has 0 aromatic rings. The van der Waals surface area contributed by atoms with Crippen LogP contribution < -0.4 is 0 Å². The normalized spacial score (nSPS) is 51.7. The Hall–Kier alpha value is -1.28. The van der Waals surface area contributed by atoms with Crippen LogP contribution in [0.1, 0.15) is 100 Å². The Morgan fingerprint density at radius 3 is 1.79 bits per heavy atom. The molecule has 7 aliphatic rings. The molecular formula is C48H80O19. The van der Waals surface area contributed by atoms with E-state index in [0.717, 1.165) is 11.1 Å². The Balaban J connectivity index is 1.18. The van der Waals surface area contributed by atoms with Crippen molar-refractivity contribution >= 4 is 0 Å². The van der Waals surface area contributed by atoms with Gasteiger partial charge in [0, 0.05) is 10.8 Å². The van der Waals surface area contributed by atoms with Crippen molar-refractivity contribution in [3.05, 3.63) is 23.3 Å². The van der Waals surface area contributed by atoms with Crippen LogP contribution in [0.4, 0.5) is 0 Å². The number of allylic oxidation sites excluding steroid dienone is 2. The van der Waals surface area contributed by atoms with Gasteiger partial charge in [-0.1, -0.05) is 57.9 Å². The van der Waals surface area contributed by atoms with Crippen LogP contribution in [0.5, 0.6) is 0 Å². The van der Waals surface area contributed by atoms with Crippen LogP contribution in [0.2, 0.25) is 0 Å². The van der Waals surface area contributed by atoms with E-state index in [-0.39, 0.29) is 17.8 Å². The highest BCUT2D eigenvalue weighted by Crippen LogP contribution is 2.75. The van der Waals surface area contributed by atoms with Gasteiger partial charge in [0.15, 0.2) is 18.9 Å². The lowest BCUT2D eigenvalue weighted by atomic mass is 9.37. The fraction of sp³-hybridized carbons (Fsp3) is 0.917. The molecule has 3 saturated carbocycles. The van der Waals surface area contributed by atoms with Crippen molar-refractivity contribution in [1.29, 1.82) is 0 Å². The first kappa shape index (κ1) is 53.5. The average Bonchev–Trinajstić information content (AvgIpc) is 3.66. The fourth-order valence-electron chi connectivity index (χ4n) is 14.1. The van der Waals surface area contributed by atoms with Crippen molar-refractivity contribution in [1.82, 2.24) is 0 Å². The van der Waals surface area contributed by atoms with Gasteiger partial charge >= 0.3 is 0 Å². The van der Waals surface area contributed by atoms with Gasteiger partial charge < -0.3 is 94.8 Å². The Kier molecular flexibility index (Phi) is 15.7. The molecule has 3 heterocycles. The Morgan fingerprint density at radius 1 is 0.687 bits per heavy atom. The first-order valence-corrected chi connectivity index (χ1v) is 24.2. The second kappa shape index (κ2) is 19.6. The van der Waals surface area contributed by atoms with Crippen LogP contribution in [0.15, 0.2) is 23.3 Å². The smallest absolute Gasteiger partial charge is 0.187 e. The van der Waals surface area contributed by atoms with Crippen LogP contribution in [-0.2, 0) is 28.4 Å². The summed E-state index contributed by atoms with van der Waals surface area (Å²) in [5, 5.41) is 142. The molecule has 19 nitrogen and oxygen atoms in total. The highest BCUT2D eigenvalue weighted by molar-refractivity contribution is 5.36. The predicted molar refractivity (Wildman–Crippen MR) is 235 cm³/mol. The molecule has 0 radical (unpaired) electrons. The lowest BCUT2D eigenvalue weighted by molar-refractivity contribution is -0.375. The lowest BCUT2D eigenvalue weighted by Gasteiger charge is -2.69. The molecule has 3 aliphatic heterocycles. The van der Waals surface area contributed by atoms with Gasteiger partial charge in [-0.05, 0) is 94.3 Å². The number of aliphatic hydroxyl groups is 13. The van der Waals surface area contributed by atoms with Gasteiger partial charge in [0.25, 0.3) is 0 Å². The maximum atomic E-state index is 12.7. The van der Waals surface area contributed by atoms with Crippen LogP contribution in [0, 0.1) is 39.4 Å². The molecule has 6 fully saturated rings. The summed E-state index contributed by atoms with van der Waals surface area (Å²) >= 11 is 0. The van der Waals surface area contributed by atoms with Crippen molar-refractivity contribution in [3.8, 4) is 0 Å². The van der Waals surface area contributed by atoms with Crippen molar-refractivity contribution in [3.63, 3.8) is 0 Å². The van der Waals surface area contributed by atoms with Gasteiger partial charge in [-0.25, -0.2) is 0 Å². The molecule has 0 bridgehead atoms. The molecule has 13 N–H and O–H groups in total. The summed E-state index contributed by atoms with van der Waals surface area (Å²) < 4.78 is 36.9. The standard InChI is InChI=1S/C48H80O19/c1-21(2)10-9-13-47(7,67-42-39(61)36(58)33(55)25(19-50)63-42)22-11-15-46(6)31(22)23(52)16-28-45(5)14-12-30(44(3,4)27(45)17-29(53)48(28,46)8)65-43-40(37(59)34(56)26(20-51)64-43)66-41-38(60)35(57)32(54)24(18-49)62-41/h10,17,22-26,28-43,49-61H,9,11-16,18-20H2,1-8H3/t22-,23+,24+,25+,26+,28+,29-,30-,31-,32+,33+,34+,35-,36-,37-,38+,39+,40+,41-,42-,43-,45-,46+,47-,48-/m0/s1. The predicted octanol–water partition coefficient (Wildman–Crippen LogP) is -1.14. The topological polar surface area (TPSA) is 318 Å². The van der Waals surface area contributed by atoms with Crippen LogP contribution in [0.3, 0.4) is 0 Å². The van der Waals surface area contributed by atoms with E-state index in [1.54, 1.807) is 0 Å². The van der Waals surface area contributed by atoms with Crippen LogP contribution in [0.25, 0.3) is 0 Å². The van der Waals surface area contributed by atoms with E-state index in [4.69, 9.17) is 28.4 Å². The van der Waals surface area contributed by atoms with Gasteiger partial charge in [0.05, 0.1) is 43.7 Å². The minimum atomic E-state index is -1.83. The lowest BCUT2D eigenvalue weighted by Crippen LogP contribution is -2.68. The molecule has 25 atom stereocenters. The summed E-state index contributed by atoms with van der Waals surface area (Å²) in [5.74, 6) is -0.932. The van der Waals surface area contributed by atoms with Crippen molar-refractivity contribution in [2.45, 2.75) is 216 Å². The van der Waals surface area contributed by atoms with Crippen molar-refractivity contribution in [2.75, 3.05) is 19.8 Å². The van der Waals surface area contributed by atoms with E-state index in [2.05, 4.69) is 26.8 Å². The highest BCUT2D eigenvalue weighted by atomic mass is 16.8. The third-order valence-electron chi connectivity index (χ3n) is 18.2. The number of hydrogen-bond donors (Lipinski definition) is 13. The molecular weight excluding hydrogens is 881 g/mol. The number of fused-ring (bicyclic) bond motifs is 5. The molecule has 3 saturated heterocycles. The van der Waals surface area contributed by atoms with E-state index >= 15 is 0 Å². The van der Waals surface area contributed by atoms with Crippen molar-refractivity contribution in [2.24, 2.45) is 39.4 Å². The zero-order valence-corrected chi connectivity index (χ0v) is 40.1. The molecule has 0 aromatic carbocycles. The maximum absolute atomic E-state index is 12.7. The Morgan fingerprint density at radius 2 is 1.22 bits per heavy atom. The monoisotopic (exact) mass is 961 g/mol. The third-order valence-corrected chi connectivity index (χ3v) is 18.2. The summed E-state index contributed by atoms with van der Waals surface area (Å²) in [5.41, 5.74) is -1.89. The third kappa shape index (κ3) is 8.84. The van der Waals surface area contributed by atoms with E-state index in [9.17, 15) is 66.4 Å². The largest absolute Gasteiger partial charge is 0.394 e. The molecule has 19 heteroatoms. The van der Waals surface area contributed by atoms with Gasteiger partial charge in [-0.15, -0.1) is 0 Å². The summed E-state index contributed by atoms with van der Waals surface area (Å²) in [6.07, 6.45) is -18.3. The average molecular weight is 961 g/mol. The summed E-state index contributed by atoms with van der Waals surface area (Å²) in [6, 6.07) is 0. The molecule has 7 rings (SSSR count). The number of ether oxygens (including phenoxy) is 6. The molecule has 0 amide bonds. The fourth-order valence-corrected chi connectivity index (χ4v) is 14.1. The minimum Gasteiger partial charge on any atom is -0.394 e. The molecule has 0 spiro atoms. The van der Waals surface area contributed by atoms with E-state index in [0.29, 0.717) is 44.9 Å². The first-order chi connectivity index (χ1) is 31.3. The van der Waals surface area contributed by atoms with Crippen molar-refractivity contribution < 1.29 is 94.8 Å². The van der Waals surface area contributed by atoms with E-state index in [1.807, 2.05) is 40.7 Å². The summed E-state index contributed by atoms with van der Waals surface area (Å²) in [7, 11) is 0. The molecule has 4 aliphatic carbocycles. The zero-order chi connectivity index (χ0) is 49.5. The Labute approximate surface area is 392 Å². The summed E-state index contributed by atoms with van der Waals surface area (Å²) in [4.78, 5) is 0. The molecule has 0 aromatic heterocycles. The quantitative estimate of drug-likeness (QED) is 0.0971. The molecule has 386 valence electrons. The Bertz CT molecular complexity index is 1780. The second-order valence-electron chi connectivity index (χ2n) is 22.5. The number of aliphatic hydroxyl groups excluding tert-OH is 13. The van der Waals surface area contributed by atoms with Gasteiger partial charge in [-0.2, -0.15) is 0 Å². The number of rotatable bonds is 13. The van der Waals surface area contributed by atoms with E-state index in [1.165, 1.54) is 0 Å². The van der Waals surface area contributed by atoms with Gasteiger partial charge in [0.2, 0.25) is 0 Å².